The molecule has 0 unspecified atom stereocenters. The molecule has 0 saturated heterocycles. The summed E-state index contributed by atoms with van der Waals surface area (Å²) in [5, 5.41) is 2.52. The number of halogens is 6. The van der Waals surface area contributed by atoms with E-state index >= 15 is 26.3 Å². The van der Waals surface area contributed by atoms with E-state index in [2.05, 4.69) is 9.97 Å². The molecule has 0 aromatic carbocycles. The lowest BCUT2D eigenvalue weighted by Crippen LogP contribution is -2.49. The quantitative estimate of drug-likeness (QED) is 0.264. The fourth-order valence-electron chi connectivity index (χ4n) is 4.11. The highest BCUT2D eigenvalue weighted by Crippen LogP contribution is 2.64. The van der Waals surface area contributed by atoms with Crippen molar-refractivity contribution in [3.05, 3.63) is 106 Å². The SMILES string of the molecule is COC1=CSN(c2ccncc2)C=C1C1=C(C2=CN(c3ccccn3)SC=C2OC)C(F)(F)C(F)(F)C1(F)F. The van der Waals surface area contributed by atoms with Crippen molar-refractivity contribution in [2.45, 2.75) is 17.8 Å². The number of pyridine rings is 2. The van der Waals surface area contributed by atoms with Gasteiger partial charge in [0, 0.05) is 53.0 Å². The van der Waals surface area contributed by atoms with E-state index in [1.54, 1.807) is 12.1 Å². The van der Waals surface area contributed by atoms with E-state index in [1.165, 1.54) is 56.2 Å². The number of hydrogen-bond acceptors (Lipinski definition) is 8. The number of nitrogens with zero attached hydrogens (tertiary/aromatic N) is 4. The number of allylic oxidation sites excluding steroid dienone is 2. The average Bonchev–Trinajstić information content (AvgIpc) is 3.06. The van der Waals surface area contributed by atoms with E-state index < -0.39 is 40.1 Å². The first-order valence-corrected chi connectivity index (χ1v) is 12.8. The number of hydrogen-bond donors (Lipinski definition) is 0. The zero-order chi connectivity index (χ0) is 28.0. The molecule has 3 aliphatic rings. The molecule has 2 aromatic heterocycles. The third-order valence-electron chi connectivity index (χ3n) is 6.01. The molecule has 0 bridgehead atoms. The van der Waals surface area contributed by atoms with Crippen molar-refractivity contribution in [3.63, 3.8) is 0 Å². The van der Waals surface area contributed by atoms with Crippen LogP contribution in [0.4, 0.5) is 37.8 Å². The second-order valence-corrected chi connectivity index (χ2v) is 9.87. The van der Waals surface area contributed by atoms with Gasteiger partial charge in [0.05, 0.1) is 31.1 Å². The van der Waals surface area contributed by atoms with E-state index in [-0.39, 0.29) is 17.3 Å². The molecule has 0 saturated carbocycles. The summed E-state index contributed by atoms with van der Waals surface area (Å²) in [5.41, 5.74) is -4.00. The van der Waals surface area contributed by atoms with Crippen LogP contribution in [0.1, 0.15) is 0 Å². The second-order valence-electron chi connectivity index (χ2n) is 8.19. The standard InChI is InChI=1S/C25H18F6N4O2S2/c1-36-18-13-38-34(15-6-9-32-10-7-15)11-16(18)21-22(24(28,29)25(30,31)23(21,26)27)17-12-35(39-14-19(17)37-2)20-5-3-4-8-33-20/h3-14H,1-2H3. The van der Waals surface area contributed by atoms with Crippen molar-refractivity contribution in [2.24, 2.45) is 0 Å². The van der Waals surface area contributed by atoms with Crippen molar-refractivity contribution < 1.29 is 35.8 Å². The number of methoxy groups -OCH3 is 2. The predicted molar refractivity (Wildman–Crippen MR) is 137 cm³/mol. The van der Waals surface area contributed by atoms with Gasteiger partial charge in [-0.1, -0.05) is 6.07 Å². The minimum Gasteiger partial charge on any atom is -0.495 e. The van der Waals surface area contributed by atoms with Gasteiger partial charge >= 0.3 is 17.8 Å². The van der Waals surface area contributed by atoms with Crippen molar-refractivity contribution in [1.82, 2.24) is 9.97 Å². The highest BCUT2D eigenvalue weighted by atomic mass is 32.2. The lowest BCUT2D eigenvalue weighted by Gasteiger charge is -2.29. The first-order valence-electron chi connectivity index (χ1n) is 11.1. The fraction of sp³-hybridized carbons (Fsp3) is 0.200. The summed E-state index contributed by atoms with van der Waals surface area (Å²) in [4.78, 5) is 8.01. The maximum Gasteiger partial charge on any atom is 0.380 e. The Kier molecular flexibility index (Phi) is 6.87. The second kappa shape index (κ2) is 9.90. The molecule has 5 rings (SSSR count). The van der Waals surface area contributed by atoms with E-state index in [4.69, 9.17) is 9.47 Å². The maximum absolute atomic E-state index is 15.6. The van der Waals surface area contributed by atoms with E-state index in [9.17, 15) is 0 Å². The van der Waals surface area contributed by atoms with E-state index in [1.807, 2.05) is 0 Å². The van der Waals surface area contributed by atoms with Gasteiger partial charge in [-0.25, -0.2) is 4.98 Å². The number of anilines is 2. The Balaban J connectivity index is 1.78. The molecule has 0 spiro atoms. The average molecular weight is 585 g/mol. The van der Waals surface area contributed by atoms with Gasteiger partial charge in [-0.15, -0.1) is 0 Å². The van der Waals surface area contributed by atoms with Crippen LogP contribution in [0.5, 0.6) is 0 Å². The largest absolute Gasteiger partial charge is 0.495 e. The van der Waals surface area contributed by atoms with E-state index in [0.717, 1.165) is 50.5 Å². The van der Waals surface area contributed by atoms with Crippen molar-refractivity contribution in [3.8, 4) is 0 Å². The van der Waals surface area contributed by atoms with Crippen LogP contribution in [0, 0.1) is 0 Å². The highest BCUT2D eigenvalue weighted by molar-refractivity contribution is 8.03. The molecule has 0 radical (unpaired) electrons. The van der Waals surface area contributed by atoms with E-state index in [0.29, 0.717) is 5.69 Å². The fourth-order valence-corrected chi connectivity index (χ4v) is 5.77. The van der Waals surface area contributed by atoms with Crippen molar-refractivity contribution >= 4 is 35.4 Å². The normalized spacial score (nSPS) is 21.6. The van der Waals surface area contributed by atoms with Crippen LogP contribution in [0.25, 0.3) is 0 Å². The minimum absolute atomic E-state index is 0.253. The van der Waals surface area contributed by atoms with Crippen LogP contribution >= 0.6 is 23.9 Å². The topological polar surface area (TPSA) is 50.7 Å². The van der Waals surface area contributed by atoms with Gasteiger partial charge < -0.3 is 9.47 Å². The summed E-state index contributed by atoms with van der Waals surface area (Å²) in [7, 11) is 2.26. The van der Waals surface area contributed by atoms with Gasteiger partial charge in [0.25, 0.3) is 0 Å². The molecule has 1 aliphatic carbocycles. The van der Waals surface area contributed by atoms with Crippen molar-refractivity contribution in [1.29, 1.82) is 0 Å². The Labute approximate surface area is 227 Å². The number of ether oxygens (including phenoxy) is 2. The lowest BCUT2D eigenvalue weighted by atomic mass is 9.93. The first kappa shape index (κ1) is 27.1. The molecule has 0 N–H and O–H groups in total. The Morgan fingerprint density at radius 3 is 1.77 bits per heavy atom. The molecule has 4 heterocycles. The van der Waals surface area contributed by atoms with Crippen LogP contribution in [-0.4, -0.2) is 42.0 Å². The number of rotatable bonds is 6. The Morgan fingerprint density at radius 2 is 1.26 bits per heavy atom. The lowest BCUT2D eigenvalue weighted by molar-refractivity contribution is -0.264. The molecule has 6 nitrogen and oxygen atoms in total. The van der Waals surface area contributed by atoms with Crippen LogP contribution in [0.15, 0.2) is 106 Å². The molecular weight excluding hydrogens is 566 g/mol. The highest BCUT2D eigenvalue weighted by Gasteiger charge is 2.81. The van der Waals surface area contributed by atoms with Crippen LogP contribution in [0.2, 0.25) is 0 Å². The summed E-state index contributed by atoms with van der Waals surface area (Å²) in [6, 6.07) is 7.85. The molecule has 204 valence electrons. The Morgan fingerprint density at radius 1 is 0.718 bits per heavy atom. The maximum atomic E-state index is 15.6. The third kappa shape index (κ3) is 4.25. The minimum atomic E-state index is -5.77. The van der Waals surface area contributed by atoms with Gasteiger partial charge in [-0.2, -0.15) is 26.3 Å². The Bertz CT molecular complexity index is 1320. The van der Waals surface area contributed by atoms with Crippen molar-refractivity contribution in [2.75, 3.05) is 22.8 Å². The number of alkyl halides is 6. The smallest absolute Gasteiger partial charge is 0.380 e. The summed E-state index contributed by atoms with van der Waals surface area (Å²) < 4.78 is 105. The molecule has 2 aliphatic heterocycles. The number of aromatic nitrogens is 2. The van der Waals surface area contributed by atoms with Crippen LogP contribution in [-0.2, 0) is 9.47 Å². The summed E-state index contributed by atoms with van der Waals surface area (Å²) in [6.45, 7) is 0. The predicted octanol–water partition coefficient (Wildman–Crippen LogP) is 7.07. The molecule has 0 atom stereocenters. The molecule has 0 amide bonds. The Hall–Kier alpha value is -3.52. The van der Waals surface area contributed by atoms with Gasteiger partial charge in [0.15, 0.2) is 0 Å². The monoisotopic (exact) mass is 584 g/mol. The van der Waals surface area contributed by atoms with Gasteiger partial charge in [0.2, 0.25) is 0 Å². The van der Waals surface area contributed by atoms with Gasteiger partial charge in [-0.05, 0) is 48.2 Å². The molecule has 0 fully saturated rings. The third-order valence-corrected chi connectivity index (χ3v) is 7.71. The van der Waals surface area contributed by atoms with Gasteiger partial charge in [-0.3, -0.25) is 13.6 Å². The first-order chi connectivity index (χ1) is 18.5. The zero-order valence-electron chi connectivity index (χ0n) is 20.1. The molecule has 39 heavy (non-hydrogen) atoms. The molecule has 2 aromatic rings. The molecular formula is C25H18F6N4O2S2. The molecule has 14 heteroatoms. The summed E-state index contributed by atoms with van der Waals surface area (Å²) in [6.07, 6.45) is 6.39. The van der Waals surface area contributed by atoms with Gasteiger partial charge in [0.1, 0.15) is 17.3 Å². The summed E-state index contributed by atoms with van der Waals surface area (Å²) >= 11 is 1.93. The summed E-state index contributed by atoms with van der Waals surface area (Å²) in [5.74, 6) is -16.7. The van der Waals surface area contributed by atoms with Crippen LogP contribution < -0.4 is 8.61 Å². The van der Waals surface area contributed by atoms with Crippen LogP contribution in [0.3, 0.4) is 0 Å². The zero-order valence-corrected chi connectivity index (χ0v) is 21.8.